The van der Waals surface area contributed by atoms with Crippen molar-refractivity contribution in [2.45, 2.75) is 13.3 Å². The van der Waals surface area contributed by atoms with E-state index in [4.69, 9.17) is 5.26 Å². The van der Waals surface area contributed by atoms with Gasteiger partial charge in [-0.15, -0.1) is 11.3 Å². The Morgan fingerprint density at radius 2 is 2.53 bits per heavy atom. The van der Waals surface area contributed by atoms with Crippen LogP contribution in [0.15, 0.2) is 16.4 Å². The fraction of sp³-hybridized carbons (Fsp3) is 0.364. The van der Waals surface area contributed by atoms with Crippen molar-refractivity contribution < 1.29 is 0 Å². The maximum absolute atomic E-state index is 8.57. The number of hydrogen-bond donors (Lipinski definition) is 0. The summed E-state index contributed by atoms with van der Waals surface area (Å²) in [5, 5.41) is 11.5. The highest BCUT2D eigenvalue weighted by atomic mass is 32.1. The largest absolute Gasteiger partial charge is 0.293 e. The minimum Gasteiger partial charge on any atom is -0.293 e. The van der Waals surface area contributed by atoms with E-state index < -0.39 is 0 Å². The van der Waals surface area contributed by atoms with Crippen molar-refractivity contribution in [3.8, 4) is 6.07 Å². The number of allylic oxidation sites excluding steroid dienone is 1. The monoisotopic (exact) mass is 217 g/mol. The zero-order chi connectivity index (χ0) is 10.7. The molecule has 1 aromatic rings. The first-order valence-corrected chi connectivity index (χ1v) is 5.71. The van der Waals surface area contributed by atoms with Crippen LogP contribution in [0.3, 0.4) is 0 Å². The Hall–Kier alpha value is -1.47. The molecule has 1 aromatic heterocycles. The van der Waals surface area contributed by atoms with E-state index in [1.165, 1.54) is 5.57 Å². The van der Waals surface area contributed by atoms with Crippen molar-refractivity contribution in [3.05, 3.63) is 22.2 Å². The molecule has 0 amide bonds. The van der Waals surface area contributed by atoms with Gasteiger partial charge in [0.25, 0.3) is 0 Å². The highest BCUT2D eigenvalue weighted by Crippen LogP contribution is 2.26. The van der Waals surface area contributed by atoms with Gasteiger partial charge in [0.15, 0.2) is 0 Å². The first-order valence-electron chi connectivity index (χ1n) is 4.83. The zero-order valence-electron chi connectivity index (χ0n) is 8.47. The number of rotatable bonds is 2. The Morgan fingerprint density at radius 3 is 3.27 bits per heavy atom. The molecule has 3 nitrogen and oxygen atoms in total. The minimum absolute atomic E-state index is 0.403. The van der Waals surface area contributed by atoms with Crippen molar-refractivity contribution >= 4 is 23.1 Å². The fourth-order valence-corrected chi connectivity index (χ4v) is 2.28. The van der Waals surface area contributed by atoms with Crippen LogP contribution in [0.4, 0.5) is 0 Å². The van der Waals surface area contributed by atoms with Gasteiger partial charge in [-0.25, -0.2) is 4.98 Å². The van der Waals surface area contributed by atoms with Gasteiger partial charge in [0, 0.05) is 24.1 Å². The molecule has 0 aromatic carbocycles. The van der Waals surface area contributed by atoms with E-state index in [1.54, 1.807) is 11.3 Å². The van der Waals surface area contributed by atoms with Crippen LogP contribution in [0.2, 0.25) is 0 Å². The predicted molar refractivity (Wildman–Crippen MR) is 61.9 cm³/mol. The van der Waals surface area contributed by atoms with Crippen LogP contribution in [0.1, 0.15) is 17.6 Å². The molecule has 0 saturated heterocycles. The topological polar surface area (TPSA) is 49.0 Å². The lowest BCUT2D eigenvalue weighted by Crippen LogP contribution is -2.07. The van der Waals surface area contributed by atoms with Crippen molar-refractivity contribution in [2.75, 3.05) is 6.54 Å². The van der Waals surface area contributed by atoms with E-state index in [9.17, 15) is 0 Å². The molecule has 1 aliphatic heterocycles. The smallest absolute Gasteiger partial charge is 0.107 e. The second-order valence-electron chi connectivity index (χ2n) is 3.50. The molecule has 0 radical (unpaired) electrons. The standard InChI is InChI=1S/C11H11N3S/c1-8-6-13-5-3-9(8)10-7-15-11(14-10)2-4-12/h3,5,7-8H,2,6H2,1H3. The Bertz CT molecular complexity index is 451. The van der Waals surface area contributed by atoms with Crippen molar-refractivity contribution in [3.63, 3.8) is 0 Å². The van der Waals surface area contributed by atoms with Crippen LogP contribution in [0.25, 0.3) is 5.57 Å². The molecule has 1 atom stereocenters. The molecule has 4 heteroatoms. The molecular weight excluding hydrogens is 206 g/mol. The average Bonchev–Trinajstić information content (AvgIpc) is 2.68. The summed E-state index contributed by atoms with van der Waals surface area (Å²) in [6.07, 6.45) is 4.25. The Balaban J connectivity index is 2.25. The van der Waals surface area contributed by atoms with Gasteiger partial charge in [-0.05, 0) is 11.6 Å². The van der Waals surface area contributed by atoms with E-state index in [1.807, 2.05) is 17.7 Å². The summed E-state index contributed by atoms with van der Waals surface area (Å²) in [5.41, 5.74) is 2.23. The number of thiazole rings is 1. The molecule has 2 rings (SSSR count). The second-order valence-corrected chi connectivity index (χ2v) is 4.44. The average molecular weight is 217 g/mol. The number of aromatic nitrogens is 1. The van der Waals surface area contributed by atoms with Gasteiger partial charge >= 0.3 is 0 Å². The molecule has 0 aliphatic carbocycles. The van der Waals surface area contributed by atoms with Crippen LogP contribution in [0.5, 0.6) is 0 Å². The van der Waals surface area contributed by atoms with Gasteiger partial charge in [-0.2, -0.15) is 5.26 Å². The molecule has 0 saturated carbocycles. The highest BCUT2D eigenvalue weighted by Gasteiger charge is 2.15. The molecule has 15 heavy (non-hydrogen) atoms. The van der Waals surface area contributed by atoms with Crippen LogP contribution < -0.4 is 0 Å². The third-order valence-electron chi connectivity index (χ3n) is 2.35. The third kappa shape index (κ3) is 2.13. The molecule has 2 heterocycles. The lowest BCUT2D eigenvalue weighted by molar-refractivity contribution is 0.754. The molecular formula is C11H11N3S. The van der Waals surface area contributed by atoms with Gasteiger partial charge in [-0.1, -0.05) is 6.92 Å². The summed E-state index contributed by atoms with van der Waals surface area (Å²) >= 11 is 1.55. The summed E-state index contributed by atoms with van der Waals surface area (Å²) in [6, 6.07) is 2.11. The lowest BCUT2D eigenvalue weighted by atomic mass is 9.97. The van der Waals surface area contributed by atoms with E-state index in [0.29, 0.717) is 12.3 Å². The van der Waals surface area contributed by atoms with E-state index in [2.05, 4.69) is 23.0 Å². The number of hydrogen-bond acceptors (Lipinski definition) is 4. The maximum Gasteiger partial charge on any atom is 0.107 e. The normalized spacial score (nSPS) is 19.7. The fourth-order valence-electron chi connectivity index (χ4n) is 1.54. The van der Waals surface area contributed by atoms with E-state index >= 15 is 0 Å². The summed E-state index contributed by atoms with van der Waals surface area (Å²) in [5.74, 6) is 0.423. The summed E-state index contributed by atoms with van der Waals surface area (Å²) in [7, 11) is 0. The van der Waals surface area contributed by atoms with Crippen LogP contribution >= 0.6 is 11.3 Å². The number of nitrogens with zero attached hydrogens (tertiary/aromatic N) is 3. The van der Waals surface area contributed by atoms with Crippen molar-refractivity contribution in [2.24, 2.45) is 10.9 Å². The molecule has 0 fully saturated rings. The molecule has 0 N–H and O–H groups in total. The third-order valence-corrected chi connectivity index (χ3v) is 3.20. The minimum atomic E-state index is 0.403. The lowest BCUT2D eigenvalue weighted by Gasteiger charge is -2.14. The molecule has 76 valence electrons. The molecule has 0 spiro atoms. The van der Waals surface area contributed by atoms with Gasteiger partial charge in [0.2, 0.25) is 0 Å². The van der Waals surface area contributed by atoms with Crippen molar-refractivity contribution in [1.82, 2.24) is 4.98 Å². The predicted octanol–water partition coefficient (Wildman–Crippen LogP) is 2.31. The van der Waals surface area contributed by atoms with Gasteiger partial charge in [-0.3, -0.25) is 4.99 Å². The Kier molecular flexibility index (Phi) is 2.93. The first-order chi connectivity index (χ1) is 7.31. The summed E-state index contributed by atoms with van der Waals surface area (Å²) in [6.45, 7) is 2.97. The van der Waals surface area contributed by atoms with Gasteiger partial charge < -0.3 is 0 Å². The van der Waals surface area contributed by atoms with Gasteiger partial charge in [0.1, 0.15) is 5.01 Å². The summed E-state index contributed by atoms with van der Waals surface area (Å²) < 4.78 is 0. The highest BCUT2D eigenvalue weighted by molar-refractivity contribution is 7.09. The Morgan fingerprint density at radius 1 is 1.67 bits per heavy atom. The van der Waals surface area contributed by atoms with Crippen LogP contribution in [-0.2, 0) is 6.42 Å². The quantitative estimate of drug-likeness (QED) is 0.763. The first kappa shape index (κ1) is 10.1. The van der Waals surface area contributed by atoms with Crippen molar-refractivity contribution in [1.29, 1.82) is 5.26 Å². The number of aliphatic imine (C=N–C) groups is 1. The second kappa shape index (κ2) is 4.37. The van der Waals surface area contributed by atoms with E-state index in [-0.39, 0.29) is 0 Å². The SMILES string of the molecule is CC1CN=CC=C1c1csc(CC#N)n1. The number of nitriles is 1. The molecule has 1 unspecified atom stereocenters. The maximum atomic E-state index is 8.57. The molecule has 1 aliphatic rings. The number of dihydropyridines is 1. The Labute approximate surface area is 92.8 Å². The van der Waals surface area contributed by atoms with Gasteiger partial charge in [0.05, 0.1) is 18.2 Å². The van der Waals surface area contributed by atoms with E-state index in [0.717, 1.165) is 17.2 Å². The van der Waals surface area contributed by atoms with Crippen LogP contribution in [0, 0.1) is 17.2 Å². The van der Waals surface area contributed by atoms with Crippen LogP contribution in [-0.4, -0.2) is 17.7 Å². The summed E-state index contributed by atoms with van der Waals surface area (Å²) in [4.78, 5) is 8.64. The zero-order valence-corrected chi connectivity index (χ0v) is 9.29. The molecule has 0 bridgehead atoms.